The van der Waals surface area contributed by atoms with E-state index in [-0.39, 0.29) is 12.0 Å². The molecule has 0 aliphatic carbocycles. The molecule has 164 valence electrons. The predicted octanol–water partition coefficient (Wildman–Crippen LogP) is 3.26. The van der Waals surface area contributed by atoms with Crippen LogP contribution >= 0.6 is 0 Å². The molecular weight excluding hydrogens is 366 g/mol. The van der Waals surface area contributed by atoms with Crippen molar-refractivity contribution >= 4 is 5.96 Å². The molecule has 0 saturated carbocycles. The Kier molecular flexibility index (Phi) is 9.74. The van der Waals surface area contributed by atoms with Crippen molar-refractivity contribution in [1.82, 2.24) is 10.6 Å². The molecule has 0 aromatic heterocycles. The van der Waals surface area contributed by atoms with Crippen LogP contribution in [0.25, 0.3) is 0 Å². The van der Waals surface area contributed by atoms with Crippen LogP contribution in [0, 0.1) is 18.3 Å². The molecule has 1 aromatic carbocycles. The predicted molar refractivity (Wildman–Crippen MR) is 119 cm³/mol. The van der Waals surface area contributed by atoms with Gasteiger partial charge in [0.15, 0.2) is 5.96 Å². The van der Waals surface area contributed by atoms with Crippen LogP contribution in [0.3, 0.4) is 0 Å². The van der Waals surface area contributed by atoms with Crippen molar-refractivity contribution in [3.05, 3.63) is 29.3 Å². The van der Waals surface area contributed by atoms with E-state index in [1.54, 1.807) is 0 Å². The lowest BCUT2D eigenvalue weighted by atomic mass is 9.83. The number of aliphatic hydroxyl groups is 1. The summed E-state index contributed by atoms with van der Waals surface area (Å²) in [5.74, 6) is 2.15. The monoisotopic (exact) mass is 405 g/mol. The number of rotatable bonds is 11. The van der Waals surface area contributed by atoms with Crippen LogP contribution < -0.4 is 15.4 Å². The van der Waals surface area contributed by atoms with Gasteiger partial charge in [0, 0.05) is 36.6 Å². The molecule has 0 amide bonds. The minimum atomic E-state index is -0.113. The van der Waals surface area contributed by atoms with Gasteiger partial charge >= 0.3 is 0 Å². The van der Waals surface area contributed by atoms with Gasteiger partial charge in [0.1, 0.15) is 5.75 Å². The SMILES string of the molecule is CCNC(=NCc1ccc(C)cc1OCC1CCOC1)NCC(CC)(CC)CO. The summed E-state index contributed by atoms with van der Waals surface area (Å²) in [7, 11) is 0. The lowest BCUT2D eigenvalue weighted by molar-refractivity contribution is 0.118. The maximum Gasteiger partial charge on any atom is 0.191 e. The van der Waals surface area contributed by atoms with Crippen molar-refractivity contribution in [2.24, 2.45) is 16.3 Å². The molecule has 1 aromatic rings. The molecule has 2 rings (SSSR count). The zero-order valence-electron chi connectivity index (χ0n) is 18.6. The van der Waals surface area contributed by atoms with Crippen molar-refractivity contribution in [2.45, 2.75) is 53.5 Å². The minimum Gasteiger partial charge on any atom is -0.493 e. The van der Waals surface area contributed by atoms with Crippen LogP contribution in [0.15, 0.2) is 23.2 Å². The first-order chi connectivity index (χ1) is 14.1. The van der Waals surface area contributed by atoms with E-state index >= 15 is 0 Å². The number of nitrogens with zero attached hydrogens (tertiary/aromatic N) is 1. The third-order valence-electron chi connectivity index (χ3n) is 5.94. The minimum absolute atomic E-state index is 0.113. The molecule has 1 atom stereocenters. The van der Waals surface area contributed by atoms with E-state index in [4.69, 9.17) is 14.5 Å². The molecule has 6 nitrogen and oxygen atoms in total. The van der Waals surface area contributed by atoms with Gasteiger partial charge in [-0.2, -0.15) is 0 Å². The number of ether oxygens (including phenoxy) is 2. The van der Waals surface area contributed by atoms with Gasteiger partial charge in [-0.05, 0) is 44.7 Å². The number of hydrogen-bond acceptors (Lipinski definition) is 4. The summed E-state index contributed by atoms with van der Waals surface area (Å²) in [6, 6.07) is 6.28. The lowest BCUT2D eigenvalue weighted by Gasteiger charge is -2.30. The second-order valence-corrected chi connectivity index (χ2v) is 8.07. The smallest absolute Gasteiger partial charge is 0.191 e. The van der Waals surface area contributed by atoms with E-state index in [9.17, 15) is 5.11 Å². The number of benzene rings is 1. The van der Waals surface area contributed by atoms with Gasteiger partial charge in [-0.3, -0.25) is 0 Å². The molecule has 1 heterocycles. The van der Waals surface area contributed by atoms with Crippen molar-refractivity contribution in [3.8, 4) is 5.75 Å². The Morgan fingerprint density at radius 1 is 1.28 bits per heavy atom. The number of aliphatic hydroxyl groups excluding tert-OH is 1. The molecule has 1 saturated heterocycles. The summed E-state index contributed by atoms with van der Waals surface area (Å²) in [5.41, 5.74) is 2.14. The molecular formula is C23H39N3O3. The van der Waals surface area contributed by atoms with Gasteiger partial charge < -0.3 is 25.2 Å². The van der Waals surface area contributed by atoms with Crippen molar-refractivity contribution in [1.29, 1.82) is 0 Å². The first-order valence-electron chi connectivity index (χ1n) is 11.0. The van der Waals surface area contributed by atoms with Gasteiger partial charge in [-0.25, -0.2) is 4.99 Å². The Morgan fingerprint density at radius 3 is 2.69 bits per heavy atom. The Balaban J connectivity index is 2.05. The fraction of sp³-hybridized carbons (Fsp3) is 0.696. The molecule has 29 heavy (non-hydrogen) atoms. The van der Waals surface area contributed by atoms with Crippen LogP contribution in [-0.4, -0.2) is 50.6 Å². The fourth-order valence-corrected chi connectivity index (χ4v) is 3.41. The van der Waals surface area contributed by atoms with Gasteiger partial charge in [-0.1, -0.05) is 26.0 Å². The van der Waals surface area contributed by atoms with E-state index in [1.807, 2.05) is 0 Å². The largest absolute Gasteiger partial charge is 0.493 e. The van der Waals surface area contributed by atoms with Gasteiger partial charge in [0.05, 0.1) is 26.4 Å². The van der Waals surface area contributed by atoms with E-state index in [0.717, 1.165) is 56.3 Å². The third-order valence-corrected chi connectivity index (χ3v) is 5.94. The Bertz CT molecular complexity index is 630. The average molecular weight is 406 g/mol. The fourth-order valence-electron chi connectivity index (χ4n) is 3.41. The number of aliphatic imine (C=N–C) groups is 1. The average Bonchev–Trinajstić information content (AvgIpc) is 3.26. The van der Waals surface area contributed by atoms with Gasteiger partial charge in [0.25, 0.3) is 0 Å². The highest BCUT2D eigenvalue weighted by atomic mass is 16.5. The maximum absolute atomic E-state index is 9.81. The highest BCUT2D eigenvalue weighted by Gasteiger charge is 2.25. The second kappa shape index (κ2) is 12.0. The van der Waals surface area contributed by atoms with Crippen molar-refractivity contribution in [3.63, 3.8) is 0 Å². The van der Waals surface area contributed by atoms with E-state index in [2.05, 4.69) is 56.5 Å². The van der Waals surface area contributed by atoms with Crippen molar-refractivity contribution < 1.29 is 14.6 Å². The van der Waals surface area contributed by atoms with Crippen LogP contribution in [0.5, 0.6) is 5.75 Å². The summed E-state index contributed by atoms with van der Waals surface area (Å²) in [6.45, 7) is 12.9. The summed E-state index contributed by atoms with van der Waals surface area (Å²) >= 11 is 0. The van der Waals surface area contributed by atoms with Gasteiger partial charge in [0.2, 0.25) is 0 Å². The standard InChI is InChI=1S/C23H39N3O3/c1-5-23(6-2,17-27)16-26-22(24-7-3)25-13-20-9-8-18(4)12-21(20)29-15-19-10-11-28-14-19/h8-9,12,19,27H,5-7,10-11,13-17H2,1-4H3,(H2,24,25,26). The van der Waals surface area contributed by atoms with Gasteiger partial charge in [-0.15, -0.1) is 0 Å². The summed E-state index contributed by atoms with van der Waals surface area (Å²) in [4.78, 5) is 4.77. The molecule has 0 spiro atoms. The maximum atomic E-state index is 9.81. The Hall–Kier alpha value is -1.79. The van der Waals surface area contributed by atoms with Crippen molar-refractivity contribution in [2.75, 3.05) is 39.5 Å². The van der Waals surface area contributed by atoms with E-state index in [0.29, 0.717) is 25.6 Å². The third kappa shape index (κ3) is 7.19. The first kappa shape index (κ1) is 23.5. The normalized spacial score (nSPS) is 17.4. The quantitative estimate of drug-likeness (QED) is 0.389. The molecule has 0 bridgehead atoms. The number of guanidine groups is 1. The summed E-state index contributed by atoms with van der Waals surface area (Å²) in [5, 5.41) is 16.5. The zero-order chi connectivity index (χ0) is 21.1. The van der Waals surface area contributed by atoms with E-state index in [1.165, 1.54) is 5.56 Å². The molecule has 1 fully saturated rings. The molecule has 1 aliphatic rings. The summed E-state index contributed by atoms with van der Waals surface area (Å²) < 4.78 is 11.6. The molecule has 1 unspecified atom stereocenters. The molecule has 0 radical (unpaired) electrons. The topological polar surface area (TPSA) is 75.1 Å². The number of aryl methyl sites for hydroxylation is 1. The molecule has 1 aliphatic heterocycles. The van der Waals surface area contributed by atoms with Crippen LogP contribution in [0.4, 0.5) is 0 Å². The lowest BCUT2D eigenvalue weighted by Crippen LogP contribution is -2.44. The van der Waals surface area contributed by atoms with Crippen LogP contribution in [0.2, 0.25) is 0 Å². The first-order valence-corrected chi connectivity index (χ1v) is 11.0. The Morgan fingerprint density at radius 2 is 2.07 bits per heavy atom. The highest BCUT2D eigenvalue weighted by Crippen LogP contribution is 2.25. The number of hydrogen-bond donors (Lipinski definition) is 3. The highest BCUT2D eigenvalue weighted by molar-refractivity contribution is 5.79. The molecule has 6 heteroatoms. The van der Waals surface area contributed by atoms with Crippen LogP contribution in [-0.2, 0) is 11.3 Å². The Labute approximate surface area is 176 Å². The number of nitrogens with one attached hydrogen (secondary N) is 2. The summed E-state index contributed by atoms with van der Waals surface area (Å²) in [6.07, 6.45) is 2.91. The van der Waals surface area contributed by atoms with Crippen LogP contribution in [0.1, 0.15) is 51.2 Å². The zero-order valence-corrected chi connectivity index (χ0v) is 18.6. The van der Waals surface area contributed by atoms with E-state index < -0.39 is 0 Å². The second-order valence-electron chi connectivity index (χ2n) is 8.07. The molecule has 3 N–H and O–H groups in total.